The topological polar surface area (TPSA) is 98.6 Å². The number of hydrogen-bond donors (Lipinski definition) is 2. The summed E-state index contributed by atoms with van der Waals surface area (Å²) < 4.78 is 5.66. The van der Waals surface area contributed by atoms with Gasteiger partial charge in [-0.15, -0.1) is 16.5 Å². The van der Waals surface area contributed by atoms with E-state index in [0.29, 0.717) is 17.8 Å². The fourth-order valence-electron chi connectivity index (χ4n) is 4.11. The second-order valence-electron chi connectivity index (χ2n) is 9.12. The van der Waals surface area contributed by atoms with Crippen molar-refractivity contribution in [3.05, 3.63) is 118 Å². The lowest BCUT2D eigenvalue weighted by molar-refractivity contribution is -0.121. The number of nitrogens with one attached hydrogen (secondary N) is 2. The number of rotatable bonds is 9. The van der Waals surface area contributed by atoms with Gasteiger partial charge in [0.1, 0.15) is 12.3 Å². The molecule has 10 heteroatoms. The molecule has 202 valence electrons. The third-order valence-electron chi connectivity index (χ3n) is 6.30. The van der Waals surface area contributed by atoms with E-state index in [1.807, 2.05) is 73.1 Å². The predicted molar refractivity (Wildman–Crippen MR) is 157 cm³/mol. The van der Waals surface area contributed by atoms with Gasteiger partial charge >= 0.3 is 5.91 Å². The number of carbonyl (C=O) groups excluding carboxylic acids is 2. The Morgan fingerprint density at radius 1 is 0.900 bits per heavy atom. The third kappa shape index (κ3) is 6.36. The molecular weight excluding hydrogens is 524 g/mol. The molecule has 0 saturated heterocycles. The van der Waals surface area contributed by atoms with Gasteiger partial charge in [-0.2, -0.15) is 0 Å². The van der Waals surface area contributed by atoms with Crippen LogP contribution >= 0.6 is 11.3 Å². The Bertz CT molecular complexity index is 1530. The van der Waals surface area contributed by atoms with Crippen LogP contribution in [0.15, 0.2) is 106 Å². The maximum Gasteiger partial charge on any atom is 0.304 e. The van der Waals surface area contributed by atoms with Crippen molar-refractivity contribution in [2.75, 3.05) is 24.0 Å². The minimum atomic E-state index is -0.377. The van der Waals surface area contributed by atoms with Crippen LogP contribution < -0.4 is 20.8 Å². The highest BCUT2D eigenvalue weighted by atomic mass is 32.1. The molecule has 3 aromatic carbocycles. The fraction of sp³-hybridized carbons (Fsp3) is 0.133. The van der Waals surface area contributed by atoms with Crippen LogP contribution in [-0.2, 0) is 22.7 Å². The lowest BCUT2D eigenvalue weighted by Crippen LogP contribution is -2.40. The van der Waals surface area contributed by atoms with Crippen LogP contribution in [0.5, 0.6) is 0 Å². The number of para-hydroxylation sites is 2. The highest BCUT2D eigenvalue weighted by molar-refractivity contribution is 7.10. The van der Waals surface area contributed by atoms with Gasteiger partial charge in [-0.05, 0) is 48.0 Å². The van der Waals surface area contributed by atoms with E-state index >= 15 is 0 Å². The number of thiophene rings is 1. The van der Waals surface area contributed by atoms with Gasteiger partial charge in [-0.1, -0.05) is 53.8 Å². The van der Waals surface area contributed by atoms with Crippen molar-refractivity contribution in [1.29, 1.82) is 0 Å². The molecule has 0 bridgehead atoms. The molecule has 0 fully saturated rings. The maximum absolute atomic E-state index is 12.8. The number of fused-ring (bicyclic) bond motifs is 1. The molecule has 0 aliphatic carbocycles. The summed E-state index contributed by atoms with van der Waals surface area (Å²) in [5, 5.41) is 11.5. The summed E-state index contributed by atoms with van der Waals surface area (Å²) in [7, 11) is 3.78. The van der Waals surface area contributed by atoms with E-state index in [0.717, 1.165) is 27.4 Å². The second kappa shape index (κ2) is 12.3. The van der Waals surface area contributed by atoms with Crippen molar-refractivity contribution >= 4 is 46.3 Å². The van der Waals surface area contributed by atoms with Gasteiger partial charge in [0.25, 0.3) is 5.91 Å². The van der Waals surface area contributed by atoms with E-state index in [1.165, 1.54) is 11.3 Å². The van der Waals surface area contributed by atoms with Crippen LogP contribution in [0, 0.1) is 0 Å². The molecular formula is C30H28N6O3S. The molecule has 0 saturated carbocycles. The minimum Gasteiger partial charge on any atom is -0.482 e. The summed E-state index contributed by atoms with van der Waals surface area (Å²) in [4.78, 5) is 28.5. The standard InChI is InChI=1S/C30H28N6O3S/c1-35(23-9-5-3-6-10-23)18-21-13-15-22(16-14-21)29(37)32-34-31-26-20-40-28-19-39-27(17-25(26)28)30(38)33-36(2)24-11-7-4-8-12-24/h3-17,20H,18-19H2,1-2H3,(H,33,38)(H,31,32,37). The van der Waals surface area contributed by atoms with Crippen LogP contribution in [0.4, 0.5) is 17.1 Å². The van der Waals surface area contributed by atoms with E-state index in [1.54, 1.807) is 30.3 Å². The normalized spacial score (nSPS) is 12.2. The van der Waals surface area contributed by atoms with Crippen molar-refractivity contribution in [2.24, 2.45) is 10.3 Å². The number of ether oxygens (including phenoxy) is 1. The molecule has 2 N–H and O–H groups in total. The number of anilines is 2. The first-order valence-corrected chi connectivity index (χ1v) is 13.5. The number of carbonyl (C=O) groups is 2. The van der Waals surface area contributed by atoms with Gasteiger partial charge in [0.15, 0.2) is 5.76 Å². The molecule has 2 amide bonds. The summed E-state index contributed by atoms with van der Waals surface area (Å²) in [6.07, 6.45) is 1.64. The quantitative estimate of drug-likeness (QED) is 0.200. The Hall–Kier alpha value is -4.96. The molecule has 4 aromatic rings. The molecule has 2 heterocycles. The van der Waals surface area contributed by atoms with E-state index in [2.05, 4.69) is 38.2 Å². The minimum absolute atomic E-state index is 0.173. The first-order valence-electron chi connectivity index (χ1n) is 12.6. The van der Waals surface area contributed by atoms with E-state index in [4.69, 9.17) is 4.74 Å². The number of benzene rings is 3. The zero-order valence-electron chi connectivity index (χ0n) is 22.1. The Morgan fingerprint density at radius 2 is 1.57 bits per heavy atom. The predicted octanol–water partition coefficient (Wildman–Crippen LogP) is 5.85. The van der Waals surface area contributed by atoms with E-state index < -0.39 is 0 Å². The third-order valence-corrected chi connectivity index (χ3v) is 7.27. The highest BCUT2D eigenvalue weighted by Crippen LogP contribution is 2.36. The van der Waals surface area contributed by atoms with Gasteiger partial charge in [0.05, 0.1) is 10.6 Å². The van der Waals surface area contributed by atoms with E-state index in [9.17, 15) is 9.59 Å². The zero-order chi connectivity index (χ0) is 27.9. The SMILES string of the molecule is CN(Cc1ccc(C(=O)NN=Nc2csc3c2C=C(C(=O)NN(C)c2ccccc2)OC3)cc1)c1ccccc1. The Labute approximate surface area is 236 Å². The van der Waals surface area contributed by atoms with Crippen LogP contribution in [0.3, 0.4) is 0 Å². The number of nitrogens with zero attached hydrogens (tertiary/aromatic N) is 4. The first kappa shape index (κ1) is 26.6. The summed E-state index contributed by atoms with van der Waals surface area (Å²) in [5.74, 6) is -0.566. The molecule has 0 spiro atoms. The number of hydrogen-bond acceptors (Lipinski definition) is 8. The molecule has 9 nitrogen and oxygen atoms in total. The number of amides is 2. The lowest BCUT2D eigenvalue weighted by atomic mass is 10.1. The molecule has 1 aliphatic rings. The lowest BCUT2D eigenvalue weighted by Gasteiger charge is -2.22. The second-order valence-corrected chi connectivity index (χ2v) is 10.1. The van der Waals surface area contributed by atoms with Gasteiger partial charge in [-0.25, -0.2) is 5.43 Å². The summed E-state index contributed by atoms with van der Waals surface area (Å²) in [5.41, 5.74) is 10.1. The van der Waals surface area contributed by atoms with Crippen molar-refractivity contribution in [2.45, 2.75) is 13.2 Å². The zero-order valence-corrected chi connectivity index (χ0v) is 22.9. The smallest absolute Gasteiger partial charge is 0.304 e. The molecule has 5 rings (SSSR count). The largest absolute Gasteiger partial charge is 0.482 e. The summed E-state index contributed by atoms with van der Waals surface area (Å²) >= 11 is 1.45. The van der Waals surface area contributed by atoms with Crippen molar-refractivity contribution < 1.29 is 14.3 Å². The maximum atomic E-state index is 12.8. The molecule has 0 unspecified atom stereocenters. The van der Waals surface area contributed by atoms with Crippen LogP contribution in [0.25, 0.3) is 6.08 Å². The van der Waals surface area contributed by atoms with Crippen molar-refractivity contribution in [3.63, 3.8) is 0 Å². The van der Waals surface area contributed by atoms with Crippen LogP contribution in [0.1, 0.15) is 26.4 Å². The molecule has 0 atom stereocenters. The average molecular weight is 553 g/mol. The number of hydrazine groups is 1. The summed E-state index contributed by atoms with van der Waals surface area (Å²) in [6.45, 7) is 0.969. The molecule has 1 aromatic heterocycles. The van der Waals surface area contributed by atoms with Crippen LogP contribution in [0.2, 0.25) is 0 Å². The van der Waals surface area contributed by atoms with Gasteiger partial charge < -0.3 is 9.64 Å². The van der Waals surface area contributed by atoms with Crippen molar-refractivity contribution in [1.82, 2.24) is 10.9 Å². The first-order chi connectivity index (χ1) is 19.5. The monoisotopic (exact) mass is 552 g/mol. The van der Waals surface area contributed by atoms with Crippen LogP contribution in [-0.4, -0.2) is 25.9 Å². The van der Waals surface area contributed by atoms with Gasteiger partial charge in [0, 0.05) is 42.8 Å². The Balaban J connectivity index is 1.18. The summed E-state index contributed by atoms with van der Waals surface area (Å²) in [6, 6.07) is 27.0. The van der Waals surface area contributed by atoms with Gasteiger partial charge in [0.2, 0.25) is 0 Å². The molecule has 40 heavy (non-hydrogen) atoms. The molecule has 1 aliphatic heterocycles. The fourth-order valence-corrected chi connectivity index (χ4v) is 4.95. The molecule has 0 radical (unpaired) electrons. The average Bonchev–Trinajstić information content (AvgIpc) is 3.40. The van der Waals surface area contributed by atoms with Gasteiger partial charge in [-0.3, -0.25) is 20.0 Å². The Kier molecular flexibility index (Phi) is 8.17. The Morgan fingerprint density at radius 3 is 2.27 bits per heavy atom. The van der Waals surface area contributed by atoms with E-state index in [-0.39, 0.29) is 24.2 Å². The van der Waals surface area contributed by atoms with Crippen molar-refractivity contribution in [3.8, 4) is 0 Å². The highest BCUT2D eigenvalue weighted by Gasteiger charge is 2.22.